The first-order chi connectivity index (χ1) is 8.49. The number of carbonyl (C=O) groups excluding carboxylic acids is 1. The molecule has 0 spiro atoms. The highest BCUT2D eigenvalue weighted by atomic mass is 35.5. The minimum Gasteiger partial charge on any atom is -0.477 e. The van der Waals surface area contributed by atoms with E-state index in [1.54, 1.807) is 28.8 Å². The minimum atomic E-state index is -1.01. The van der Waals surface area contributed by atoms with Gasteiger partial charge in [-0.1, -0.05) is 11.6 Å². The number of Topliss-reactive ketones (excluding diaryl/α,β-unsaturated/α-hetero) is 1. The van der Waals surface area contributed by atoms with Crippen molar-refractivity contribution in [2.45, 2.75) is 19.9 Å². The van der Waals surface area contributed by atoms with Gasteiger partial charge in [0.05, 0.1) is 0 Å². The van der Waals surface area contributed by atoms with E-state index in [0.717, 1.165) is 10.9 Å². The lowest BCUT2D eigenvalue weighted by Gasteiger charge is -2.06. The van der Waals surface area contributed by atoms with Gasteiger partial charge in [-0.25, -0.2) is 4.79 Å². The maximum absolute atomic E-state index is 11.2. The van der Waals surface area contributed by atoms with Crippen LogP contribution >= 0.6 is 11.6 Å². The maximum Gasteiger partial charge on any atom is 0.352 e. The van der Waals surface area contributed by atoms with Crippen LogP contribution < -0.4 is 0 Å². The summed E-state index contributed by atoms with van der Waals surface area (Å²) < 4.78 is 1.63. The molecule has 0 radical (unpaired) electrons. The van der Waals surface area contributed by atoms with Gasteiger partial charge < -0.3 is 9.67 Å². The second-order valence-corrected chi connectivity index (χ2v) is 4.58. The standard InChI is InChI=1S/C13H12ClNO3/c1-8(16)4-5-15-11-3-2-10(14)6-9(11)7-12(15)13(17)18/h2-3,6-7H,4-5H2,1H3,(H,17,18). The zero-order valence-electron chi connectivity index (χ0n) is 9.81. The van der Waals surface area contributed by atoms with Gasteiger partial charge in [-0.2, -0.15) is 0 Å². The SMILES string of the molecule is CC(=O)CCn1c(C(=O)O)cc2cc(Cl)ccc21. The average molecular weight is 266 g/mol. The van der Waals surface area contributed by atoms with E-state index in [1.807, 2.05) is 0 Å². The van der Waals surface area contributed by atoms with E-state index in [9.17, 15) is 9.59 Å². The maximum atomic E-state index is 11.2. The number of hydrogen-bond acceptors (Lipinski definition) is 2. The van der Waals surface area contributed by atoms with E-state index in [0.29, 0.717) is 18.0 Å². The normalized spacial score (nSPS) is 10.8. The Morgan fingerprint density at radius 1 is 1.33 bits per heavy atom. The molecule has 0 aliphatic rings. The molecule has 1 heterocycles. The van der Waals surface area contributed by atoms with Gasteiger partial charge in [-0.3, -0.25) is 4.79 Å². The lowest BCUT2D eigenvalue weighted by atomic mass is 10.2. The number of aromatic nitrogens is 1. The van der Waals surface area contributed by atoms with Crippen molar-refractivity contribution in [3.63, 3.8) is 0 Å². The monoisotopic (exact) mass is 265 g/mol. The summed E-state index contributed by atoms with van der Waals surface area (Å²) in [7, 11) is 0. The zero-order valence-corrected chi connectivity index (χ0v) is 10.6. The summed E-state index contributed by atoms with van der Waals surface area (Å²) in [6.45, 7) is 1.85. The van der Waals surface area contributed by atoms with E-state index < -0.39 is 5.97 Å². The lowest BCUT2D eigenvalue weighted by molar-refractivity contribution is -0.117. The summed E-state index contributed by atoms with van der Waals surface area (Å²) in [5, 5.41) is 10.5. The van der Waals surface area contributed by atoms with Crippen molar-refractivity contribution in [3.05, 3.63) is 35.0 Å². The third-order valence-electron chi connectivity index (χ3n) is 2.77. The number of carboxylic acids is 1. The zero-order chi connectivity index (χ0) is 13.3. The number of benzene rings is 1. The smallest absolute Gasteiger partial charge is 0.352 e. The van der Waals surface area contributed by atoms with Crippen molar-refractivity contribution in [2.75, 3.05) is 0 Å². The number of aromatic carboxylic acids is 1. The summed E-state index contributed by atoms with van der Waals surface area (Å²) in [5.74, 6) is -0.979. The van der Waals surface area contributed by atoms with E-state index in [-0.39, 0.29) is 11.5 Å². The third kappa shape index (κ3) is 2.38. The minimum absolute atomic E-state index is 0.0298. The first-order valence-electron chi connectivity index (χ1n) is 5.50. The first kappa shape index (κ1) is 12.6. The van der Waals surface area contributed by atoms with Crippen LogP contribution in [-0.4, -0.2) is 21.4 Å². The summed E-state index contributed by atoms with van der Waals surface area (Å²) in [4.78, 5) is 22.2. The number of hydrogen-bond donors (Lipinski definition) is 1. The van der Waals surface area contributed by atoms with Crippen molar-refractivity contribution in [3.8, 4) is 0 Å². The number of carboxylic acid groups (broad SMARTS) is 1. The summed E-state index contributed by atoms with van der Waals surface area (Å²) >= 11 is 5.88. The Kier molecular flexibility index (Phi) is 3.39. The van der Waals surface area contributed by atoms with Crippen LogP contribution in [0.25, 0.3) is 10.9 Å². The largest absolute Gasteiger partial charge is 0.477 e. The molecule has 0 bridgehead atoms. The Labute approximate surface area is 109 Å². The van der Waals surface area contributed by atoms with Crippen LogP contribution in [0.3, 0.4) is 0 Å². The van der Waals surface area contributed by atoms with Crippen molar-refractivity contribution in [2.24, 2.45) is 0 Å². The molecule has 0 aliphatic carbocycles. The van der Waals surface area contributed by atoms with Gasteiger partial charge in [0.1, 0.15) is 11.5 Å². The third-order valence-corrected chi connectivity index (χ3v) is 3.01. The number of fused-ring (bicyclic) bond motifs is 1. The van der Waals surface area contributed by atoms with Crippen molar-refractivity contribution in [1.29, 1.82) is 0 Å². The molecule has 0 saturated carbocycles. The van der Waals surface area contributed by atoms with Gasteiger partial charge >= 0.3 is 5.97 Å². The first-order valence-corrected chi connectivity index (χ1v) is 5.88. The lowest BCUT2D eigenvalue weighted by Crippen LogP contribution is -2.10. The molecule has 2 rings (SSSR count). The van der Waals surface area contributed by atoms with Crippen LogP contribution in [0.2, 0.25) is 5.02 Å². The number of rotatable bonds is 4. The van der Waals surface area contributed by atoms with Crippen LogP contribution in [0.15, 0.2) is 24.3 Å². The van der Waals surface area contributed by atoms with E-state index in [4.69, 9.17) is 16.7 Å². The molecule has 1 aromatic carbocycles. The molecule has 0 aliphatic heterocycles. The van der Waals surface area contributed by atoms with E-state index in [1.165, 1.54) is 6.92 Å². The molecule has 5 heteroatoms. The Morgan fingerprint density at radius 3 is 2.67 bits per heavy atom. The molecule has 0 saturated heterocycles. The van der Waals surface area contributed by atoms with Gasteiger partial charge in [-0.05, 0) is 31.2 Å². The van der Waals surface area contributed by atoms with Crippen LogP contribution in [-0.2, 0) is 11.3 Å². The molecule has 0 unspecified atom stereocenters. The summed E-state index contributed by atoms with van der Waals surface area (Å²) in [6, 6.07) is 6.77. The molecule has 0 atom stereocenters. The number of aryl methyl sites for hydroxylation is 1. The van der Waals surface area contributed by atoms with Gasteiger partial charge in [0.25, 0.3) is 0 Å². The Hall–Kier alpha value is -1.81. The second kappa shape index (κ2) is 4.82. The summed E-state index contributed by atoms with van der Waals surface area (Å²) in [6.07, 6.45) is 0.312. The van der Waals surface area contributed by atoms with Crippen LogP contribution in [0.5, 0.6) is 0 Å². The van der Waals surface area contributed by atoms with Crippen molar-refractivity contribution >= 4 is 34.3 Å². The van der Waals surface area contributed by atoms with Crippen LogP contribution in [0.1, 0.15) is 23.8 Å². The Balaban J connectivity index is 2.55. The molecule has 0 amide bonds. The predicted octanol–water partition coefficient (Wildman–Crippen LogP) is 2.97. The number of carbonyl (C=O) groups is 2. The predicted molar refractivity (Wildman–Crippen MR) is 69.2 cm³/mol. The number of ketones is 1. The van der Waals surface area contributed by atoms with Crippen LogP contribution in [0.4, 0.5) is 0 Å². The highest BCUT2D eigenvalue weighted by Crippen LogP contribution is 2.24. The Bertz CT molecular complexity index is 630. The number of halogens is 1. The van der Waals surface area contributed by atoms with E-state index >= 15 is 0 Å². The quantitative estimate of drug-likeness (QED) is 0.924. The van der Waals surface area contributed by atoms with Gasteiger partial charge in [0.15, 0.2) is 0 Å². The van der Waals surface area contributed by atoms with Gasteiger partial charge in [-0.15, -0.1) is 0 Å². The molecule has 4 nitrogen and oxygen atoms in total. The molecule has 1 aromatic heterocycles. The van der Waals surface area contributed by atoms with Crippen molar-refractivity contribution < 1.29 is 14.7 Å². The van der Waals surface area contributed by atoms with Crippen molar-refractivity contribution in [1.82, 2.24) is 4.57 Å². The molecule has 0 fully saturated rings. The molecule has 2 aromatic rings. The Morgan fingerprint density at radius 2 is 2.06 bits per heavy atom. The molecule has 18 heavy (non-hydrogen) atoms. The van der Waals surface area contributed by atoms with Crippen LogP contribution in [0, 0.1) is 0 Å². The molecular weight excluding hydrogens is 254 g/mol. The highest BCUT2D eigenvalue weighted by molar-refractivity contribution is 6.31. The summed E-state index contributed by atoms with van der Waals surface area (Å²) in [5.41, 5.74) is 0.951. The average Bonchev–Trinajstić information content (AvgIpc) is 2.64. The molecule has 1 N–H and O–H groups in total. The van der Waals surface area contributed by atoms with E-state index in [2.05, 4.69) is 0 Å². The number of nitrogens with zero attached hydrogens (tertiary/aromatic N) is 1. The topological polar surface area (TPSA) is 59.3 Å². The van der Waals surface area contributed by atoms with Gasteiger partial charge in [0.2, 0.25) is 0 Å². The second-order valence-electron chi connectivity index (χ2n) is 4.14. The molecule has 94 valence electrons. The fraction of sp³-hybridized carbons (Fsp3) is 0.231. The fourth-order valence-electron chi connectivity index (χ4n) is 1.93. The molecular formula is C13H12ClNO3. The van der Waals surface area contributed by atoms with Gasteiger partial charge in [0, 0.05) is 28.9 Å². The fourth-order valence-corrected chi connectivity index (χ4v) is 2.11. The highest BCUT2D eigenvalue weighted by Gasteiger charge is 2.14.